The summed E-state index contributed by atoms with van der Waals surface area (Å²) in [4.78, 5) is 40.5. The van der Waals surface area contributed by atoms with Crippen LogP contribution in [-0.4, -0.2) is 58.8 Å². The van der Waals surface area contributed by atoms with Gasteiger partial charge in [0, 0.05) is 36.7 Å². The molecule has 0 radical (unpaired) electrons. The lowest BCUT2D eigenvalue weighted by Crippen LogP contribution is -2.58. The highest BCUT2D eigenvalue weighted by Gasteiger charge is 2.45. The van der Waals surface area contributed by atoms with Crippen LogP contribution in [-0.2, 0) is 16.1 Å². The smallest absolute Gasteiger partial charge is 0.255 e. The van der Waals surface area contributed by atoms with Crippen LogP contribution < -0.4 is 10.1 Å². The number of rotatable bonds is 5. The molecule has 33 heavy (non-hydrogen) atoms. The van der Waals surface area contributed by atoms with E-state index in [2.05, 4.69) is 10.2 Å². The Morgan fingerprint density at radius 2 is 1.76 bits per heavy atom. The van der Waals surface area contributed by atoms with E-state index in [1.807, 2.05) is 0 Å². The molecule has 0 spiro atoms. The van der Waals surface area contributed by atoms with Crippen molar-refractivity contribution in [2.75, 3.05) is 13.1 Å². The minimum Gasteiger partial charge on any atom is -0.486 e. The number of imide groups is 1. The fourth-order valence-corrected chi connectivity index (χ4v) is 6.15. The Balaban J connectivity index is 1.17. The summed E-state index contributed by atoms with van der Waals surface area (Å²) in [5.74, 6) is 0.245. The van der Waals surface area contributed by atoms with Gasteiger partial charge in [0.15, 0.2) is 11.6 Å². The second-order valence-corrected chi connectivity index (χ2v) is 10.4. The molecule has 7 nitrogen and oxygen atoms in total. The number of ether oxygens (including phenoxy) is 1. The molecule has 1 unspecified atom stereocenters. The lowest BCUT2D eigenvalue weighted by molar-refractivity contribution is -0.136. The predicted molar refractivity (Wildman–Crippen MR) is 117 cm³/mol. The first kappa shape index (κ1) is 21.1. The molecular weight excluding hydrogens is 425 g/mol. The standard InChI is InChI=1S/C25H30FN3O4/c26-23-17-13-29(19-8-10-22(30)27-24(19)31)25(32)16(17)7-9-21(23)33-20-4-2-1-3-18(20)28-11-15(12-28)14-5-6-14/h7,9,14-15,18-20H,1-6,8,10-13H2,(H,27,30,31)/t18-,19?,20+/m0/s1. The van der Waals surface area contributed by atoms with E-state index in [1.165, 1.54) is 24.2 Å². The summed E-state index contributed by atoms with van der Waals surface area (Å²) in [5.41, 5.74) is 0.562. The largest absolute Gasteiger partial charge is 0.486 e. The van der Waals surface area contributed by atoms with E-state index >= 15 is 4.39 Å². The minimum atomic E-state index is -0.750. The van der Waals surface area contributed by atoms with Gasteiger partial charge in [0.25, 0.3) is 5.91 Å². The third-order valence-corrected chi connectivity index (χ3v) is 8.26. The zero-order chi connectivity index (χ0) is 22.7. The topological polar surface area (TPSA) is 79.0 Å². The molecule has 6 rings (SSSR count). The fraction of sp³-hybridized carbons (Fsp3) is 0.640. The van der Waals surface area contributed by atoms with Gasteiger partial charge in [-0.2, -0.15) is 0 Å². The van der Waals surface area contributed by atoms with Crippen LogP contribution in [0, 0.1) is 17.7 Å². The van der Waals surface area contributed by atoms with E-state index in [1.54, 1.807) is 12.1 Å². The maximum atomic E-state index is 15.5. The SMILES string of the molecule is O=C1CCC(N2Cc3c(ccc(O[C@@H]4CCCC[C@@H]4N4CC(C5CC5)C4)c3F)C2=O)C(=O)N1. The van der Waals surface area contributed by atoms with Crippen molar-refractivity contribution in [3.63, 3.8) is 0 Å². The molecule has 3 heterocycles. The highest BCUT2D eigenvalue weighted by molar-refractivity contribution is 6.05. The summed E-state index contributed by atoms with van der Waals surface area (Å²) < 4.78 is 21.8. The molecule has 3 amide bonds. The Labute approximate surface area is 192 Å². The molecule has 1 N–H and O–H groups in total. The summed E-state index contributed by atoms with van der Waals surface area (Å²) in [5, 5.41) is 2.28. The second kappa shape index (κ2) is 8.08. The van der Waals surface area contributed by atoms with Crippen LogP contribution in [0.4, 0.5) is 4.39 Å². The van der Waals surface area contributed by atoms with Gasteiger partial charge in [-0.3, -0.25) is 24.6 Å². The van der Waals surface area contributed by atoms with Crippen molar-refractivity contribution in [2.45, 2.75) is 76.1 Å². The number of fused-ring (bicyclic) bond motifs is 1. The number of likely N-dealkylation sites (tertiary alicyclic amines) is 1. The molecule has 2 aliphatic carbocycles. The van der Waals surface area contributed by atoms with E-state index in [-0.39, 0.29) is 54.2 Å². The van der Waals surface area contributed by atoms with Gasteiger partial charge in [0.2, 0.25) is 11.8 Å². The summed E-state index contributed by atoms with van der Waals surface area (Å²) in [6.07, 6.45) is 7.38. The van der Waals surface area contributed by atoms with Crippen molar-refractivity contribution in [3.8, 4) is 5.75 Å². The molecule has 3 atom stereocenters. The van der Waals surface area contributed by atoms with Crippen molar-refractivity contribution in [2.24, 2.45) is 11.8 Å². The average molecular weight is 456 g/mol. The maximum absolute atomic E-state index is 15.5. The van der Waals surface area contributed by atoms with Crippen molar-refractivity contribution >= 4 is 17.7 Å². The molecule has 3 aliphatic heterocycles. The lowest BCUT2D eigenvalue weighted by Gasteiger charge is -2.48. The average Bonchev–Trinajstić information content (AvgIpc) is 3.54. The molecule has 5 aliphatic rings. The van der Waals surface area contributed by atoms with E-state index in [4.69, 9.17) is 4.74 Å². The Hall–Kier alpha value is -2.48. The van der Waals surface area contributed by atoms with Crippen molar-refractivity contribution in [3.05, 3.63) is 29.1 Å². The van der Waals surface area contributed by atoms with Crippen LogP contribution >= 0.6 is 0 Å². The molecular formula is C25H30FN3O4. The van der Waals surface area contributed by atoms with Gasteiger partial charge in [-0.25, -0.2) is 4.39 Å². The van der Waals surface area contributed by atoms with Gasteiger partial charge in [0.1, 0.15) is 12.1 Å². The summed E-state index contributed by atoms with van der Waals surface area (Å²) in [6.45, 7) is 2.29. The monoisotopic (exact) mass is 455 g/mol. The van der Waals surface area contributed by atoms with Crippen LogP contribution in [0.2, 0.25) is 0 Å². The lowest BCUT2D eigenvalue weighted by atomic mass is 9.85. The van der Waals surface area contributed by atoms with Gasteiger partial charge in [-0.05, 0) is 62.5 Å². The zero-order valence-corrected chi connectivity index (χ0v) is 18.7. The summed E-state index contributed by atoms with van der Waals surface area (Å²) in [7, 11) is 0. The Kier molecular flexibility index (Phi) is 5.16. The number of amides is 3. The maximum Gasteiger partial charge on any atom is 0.255 e. The van der Waals surface area contributed by atoms with Crippen LogP contribution in [0.5, 0.6) is 5.75 Å². The fourth-order valence-electron chi connectivity index (χ4n) is 6.15. The first-order valence-electron chi connectivity index (χ1n) is 12.4. The van der Waals surface area contributed by atoms with Crippen LogP contribution in [0.3, 0.4) is 0 Å². The Bertz CT molecular complexity index is 1000. The molecule has 1 aromatic rings. The molecule has 1 aromatic carbocycles. The van der Waals surface area contributed by atoms with E-state index in [0.29, 0.717) is 6.04 Å². The van der Waals surface area contributed by atoms with Crippen molar-refractivity contribution < 1.29 is 23.5 Å². The van der Waals surface area contributed by atoms with E-state index in [0.717, 1.165) is 44.2 Å². The van der Waals surface area contributed by atoms with Gasteiger partial charge in [-0.15, -0.1) is 0 Å². The predicted octanol–water partition coefficient (Wildman–Crippen LogP) is 2.62. The first-order chi connectivity index (χ1) is 16.0. The van der Waals surface area contributed by atoms with Crippen LogP contribution in [0.15, 0.2) is 12.1 Å². The van der Waals surface area contributed by atoms with E-state index < -0.39 is 17.8 Å². The van der Waals surface area contributed by atoms with Crippen LogP contribution in [0.1, 0.15) is 67.3 Å². The van der Waals surface area contributed by atoms with Crippen molar-refractivity contribution in [1.82, 2.24) is 15.1 Å². The summed E-state index contributed by atoms with van der Waals surface area (Å²) >= 11 is 0. The number of hydrogen-bond donors (Lipinski definition) is 1. The van der Waals surface area contributed by atoms with Gasteiger partial charge >= 0.3 is 0 Å². The quantitative estimate of drug-likeness (QED) is 0.691. The molecule has 2 saturated carbocycles. The number of piperidine rings is 1. The molecule has 8 heteroatoms. The second-order valence-electron chi connectivity index (χ2n) is 10.4. The van der Waals surface area contributed by atoms with Crippen molar-refractivity contribution in [1.29, 1.82) is 0 Å². The minimum absolute atomic E-state index is 0.0206. The normalized spacial score (nSPS) is 30.8. The Morgan fingerprint density at radius 3 is 2.52 bits per heavy atom. The molecule has 4 fully saturated rings. The van der Waals surface area contributed by atoms with Gasteiger partial charge in [-0.1, -0.05) is 6.42 Å². The number of benzene rings is 1. The number of hydrogen-bond acceptors (Lipinski definition) is 5. The van der Waals surface area contributed by atoms with Gasteiger partial charge in [0.05, 0.1) is 6.54 Å². The number of halogens is 1. The number of carbonyl (C=O) groups is 3. The number of nitrogens with zero attached hydrogens (tertiary/aromatic N) is 2. The third kappa shape index (κ3) is 3.72. The van der Waals surface area contributed by atoms with Crippen LogP contribution in [0.25, 0.3) is 0 Å². The zero-order valence-electron chi connectivity index (χ0n) is 18.7. The number of carbonyl (C=O) groups excluding carboxylic acids is 3. The third-order valence-electron chi connectivity index (χ3n) is 8.26. The van der Waals surface area contributed by atoms with Gasteiger partial charge < -0.3 is 9.64 Å². The number of nitrogens with one attached hydrogen (secondary N) is 1. The van der Waals surface area contributed by atoms with E-state index in [9.17, 15) is 14.4 Å². The molecule has 0 aromatic heterocycles. The molecule has 2 saturated heterocycles. The highest BCUT2D eigenvalue weighted by atomic mass is 19.1. The molecule has 0 bridgehead atoms. The first-order valence-corrected chi connectivity index (χ1v) is 12.4. The molecule has 176 valence electrons. The highest BCUT2D eigenvalue weighted by Crippen LogP contribution is 2.43. The Morgan fingerprint density at radius 1 is 0.970 bits per heavy atom. The summed E-state index contributed by atoms with van der Waals surface area (Å²) in [6, 6.07) is 2.75.